The predicted octanol–water partition coefficient (Wildman–Crippen LogP) is 5.13. The van der Waals surface area contributed by atoms with Gasteiger partial charge in [0.15, 0.2) is 17.2 Å². The second-order valence-corrected chi connectivity index (χ2v) is 6.79. The number of amides is 3. The lowest BCUT2D eigenvalue weighted by atomic mass is 10.2. The summed E-state index contributed by atoms with van der Waals surface area (Å²) in [5, 5.41) is 13.7. The first-order valence-corrected chi connectivity index (χ1v) is 9.23. The van der Waals surface area contributed by atoms with Crippen molar-refractivity contribution in [3.05, 3.63) is 70.8 Å². The molecule has 8 nitrogen and oxygen atoms in total. The normalized spacial score (nSPS) is 11.1. The number of aromatic nitrogens is 1. The first kappa shape index (κ1) is 23.6. The van der Waals surface area contributed by atoms with Gasteiger partial charge in [0.05, 0.1) is 16.3 Å². The zero-order chi connectivity index (χ0) is 24.3. The summed E-state index contributed by atoms with van der Waals surface area (Å²) in [7, 11) is 0. The van der Waals surface area contributed by atoms with E-state index in [1.807, 2.05) is 0 Å². The molecule has 0 saturated carbocycles. The number of pyridine rings is 1. The molecule has 5 N–H and O–H groups in total. The van der Waals surface area contributed by atoms with Crippen molar-refractivity contribution in [3.8, 4) is 17.2 Å². The van der Waals surface area contributed by atoms with E-state index in [-0.39, 0.29) is 22.9 Å². The fourth-order valence-corrected chi connectivity index (χ4v) is 2.82. The summed E-state index contributed by atoms with van der Waals surface area (Å²) < 4.78 is 58.5. The molecule has 0 atom stereocenters. The summed E-state index contributed by atoms with van der Waals surface area (Å²) in [5.74, 6) is -2.94. The highest BCUT2D eigenvalue weighted by atomic mass is 35.5. The van der Waals surface area contributed by atoms with E-state index < -0.39 is 46.0 Å². The highest BCUT2D eigenvalue weighted by Gasteiger charge is 2.33. The lowest BCUT2D eigenvalue weighted by Crippen LogP contribution is -2.20. The number of halogens is 5. The molecule has 1 heterocycles. The van der Waals surface area contributed by atoms with E-state index in [0.717, 1.165) is 30.5 Å². The number of nitrogens with two attached hydrogens (primary N) is 1. The van der Waals surface area contributed by atoms with Crippen LogP contribution in [0.5, 0.6) is 17.2 Å². The molecule has 0 aliphatic carbocycles. The number of hydrogen-bond acceptors (Lipinski definition) is 5. The summed E-state index contributed by atoms with van der Waals surface area (Å²) in [4.78, 5) is 26.9. The molecule has 13 heteroatoms. The second-order valence-electron chi connectivity index (χ2n) is 6.39. The zero-order valence-corrected chi connectivity index (χ0v) is 17.0. The Hall–Kier alpha value is -4.06. The van der Waals surface area contributed by atoms with E-state index in [1.54, 1.807) is 0 Å². The smallest absolute Gasteiger partial charge is 0.417 e. The SMILES string of the molecule is NC(=O)c1nccc(Oc2ccc(NC(=O)Nc3ccc(Cl)c(C(F)(F)F)c3)c(F)c2)c1O. The van der Waals surface area contributed by atoms with Crippen molar-refractivity contribution in [3.63, 3.8) is 0 Å². The Labute approximate surface area is 187 Å². The van der Waals surface area contributed by atoms with E-state index in [4.69, 9.17) is 22.1 Å². The number of carbonyl (C=O) groups excluding carboxylic acids is 2. The standard InChI is InChI=1S/C20H13ClF4N4O4/c21-12-3-1-9(7-11(12)20(23,24)25)28-19(32)29-14-4-2-10(8-13(14)22)33-15-5-6-27-16(17(15)30)18(26)31/h1-8,30H,(H2,26,31)(H2,28,29,32). The number of nitrogens with zero attached hydrogens (tertiary/aromatic N) is 1. The third-order valence-electron chi connectivity index (χ3n) is 4.07. The van der Waals surface area contributed by atoms with E-state index in [2.05, 4.69) is 15.6 Å². The zero-order valence-electron chi connectivity index (χ0n) is 16.2. The highest BCUT2D eigenvalue weighted by molar-refractivity contribution is 6.31. The Bertz CT molecular complexity index is 1240. The number of benzene rings is 2. The number of alkyl halides is 3. The van der Waals surface area contributed by atoms with Crippen molar-refractivity contribution < 1.29 is 37.0 Å². The van der Waals surface area contributed by atoms with Crippen LogP contribution in [-0.4, -0.2) is 22.0 Å². The van der Waals surface area contributed by atoms with Gasteiger partial charge < -0.3 is 26.2 Å². The molecule has 0 spiro atoms. The third kappa shape index (κ3) is 5.60. The molecular formula is C20H13ClF4N4O4. The van der Waals surface area contributed by atoms with Crippen LogP contribution in [0.4, 0.5) is 33.7 Å². The number of aromatic hydroxyl groups is 1. The monoisotopic (exact) mass is 484 g/mol. The van der Waals surface area contributed by atoms with Gasteiger partial charge in [-0.15, -0.1) is 0 Å². The minimum Gasteiger partial charge on any atom is -0.503 e. The van der Waals surface area contributed by atoms with E-state index >= 15 is 0 Å². The fraction of sp³-hybridized carbons (Fsp3) is 0.0500. The van der Waals surface area contributed by atoms with Gasteiger partial charge in [0, 0.05) is 24.0 Å². The van der Waals surface area contributed by atoms with Crippen LogP contribution >= 0.6 is 11.6 Å². The number of anilines is 2. The van der Waals surface area contributed by atoms with Crippen molar-refractivity contribution in [2.24, 2.45) is 5.73 Å². The van der Waals surface area contributed by atoms with Crippen LogP contribution in [0.25, 0.3) is 0 Å². The van der Waals surface area contributed by atoms with Gasteiger partial charge in [-0.05, 0) is 30.3 Å². The van der Waals surface area contributed by atoms with Gasteiger partial charge in [-0.25, -0.2) is 14.2 Å². The Kier molecular flexibility index (Phi) is 6.58. The van der Waals surface area contributed by atoms with Crippen LogP contribution in [0.3, 0.4) is 0 Å². The maximum absolute atomic E-state index is 14.4. The van der Waals surface area contributed by atoms with Crippen molar-refractivity contribution in [2.45, 2.75) is 6.18 Å². The van der Waals surface area contributed by atoms with E-state index in [1.165, 1.54) is 12.1 Å². The summed E-state index contributed by atoms with van der Waals surface area (Å²) in [6, 6.07) is 6.14. The average molecular weight is 485 g/mol. The minimum absolute atomic E-state index is 0.108. The number of nitrogens with one attached hydrogen (secondary N) is 2. The average Bonchev–Trinajstić information content (AvgIpc) is 2.72. The molecule has 1 aromatic heterocycles. The summed E-state index contributed by atoms with van der Waals surface area (Å²) in [5.41, 5.74) is 2.95. The number of rotatable bonds is 5. The van der Waals surface area contributed by atoms with Gasteiger partial charge in [-0.3, -0.25) is 4.79 Å². The van der Waals surface area contributed by atoms with Gasteiger partial charge in [0.2, 0.25) is 0 Å². The number of hydrogen-bond donors (Lipinski definition) is 4. The minimum atomic E-state index is -4.73. The number of carbonyl (C=O) groups is 2. The van der Waals surface area contributed by atoms with Crippen molar-refractivity contribution in [2.75, 3.05) is 10.6 Å². The van der Waals surface area contributed by atoms with Gasteiger partial charge in [-0.2, -0.15) is 13.2 Å². The molecule has 0 aliphatic rings. The van der Waals surface area contributed by atoms with Crippen molar-refractivity contribution in [1.29, 1.82) is 0 Å². The van der Waals surface area contributed by atoms with Gasteiger partial charge in [0.1, 0.15) is 11.6 Å². The molecule has 3 aromatic rings. The quantitative estimate of drug-likeness (QED) is 0.373. The fourth-order valence-electron chi connectivity index (χ4n) is 2.59. The first-order valence-electron chi connectivity index (χ1n) is 8.85. The summed E-state index contributed by atoms with van der Waals surface area (Å²) in [6.07, 6.45) is -3.58. The molecule has 33 heavy (non-hydrogen) atoms. The van der Waals surface area contributed by atoms with Crippen molar-refractivity contribution in [1.82, 2.24) is 4.98 Å². The summed E-state index contributed by atoms with van der Waals surface area (Å²) in [6.45, 7) is 0. The molecule has 0 saturated heterocycles. The van der Waals surface area contributed by atoms with Crippen LogP contribution in [0, 0.1) is 5.82 Å². The third-order valence-corrected chi connectivity index (χ3v) is 4.40. The van der Waals surface area contributed by atoms with Crippen LogP contribution in [0.1, 0.15) is 16.1 Å². The molecular weight excluding hydrogens is 472 g/mol. The Morgan fingerprint density at radius 3 is 2.45 bits per heavy atom. The van der Waals surface area contributed by atoms with Crippen LogP contribution < -0.4 is 21.1 Å². The Morgan fingerprint density at radius 2 is 1.82 bits per heavy atom. The molecule has 0 bridgehead atoms. The topological polar surface area (TPSA) is 127 Å². The number of urea groups is 1. The maximum atomic E-state index is 14.4. The van der Waals surface area contributed by atoms with E-state index in [9.17, 15) is 32.3 Å². The van der Waals surface area contributed by atoms with Crippen LogP contribution in [0.2, 0.25) is 5.02 Å². The molecule has 0 aliphatic heterocycles. The lowest BCUT2D eigenvalue weighted by Gasteiger charge is -2.13. The van der Waals surface area contributed by atoms with Gasteiger partial charge in [-0.1, -0.05) is 11.6 Å². The molecule has 172 valence electrons. The predicted molar refractivity (Wildman–Crippen MR) is 110 cm³/mol. The summed E-state index contributed by atoms with van der Waals surface area (Å²) >= 11 is 5.52. The molecule has 0 unspecified atom stereocenters. The van der Waals surface area contributed by atoms with Crippen molar-refractivity contribution >= 4 is 34.9 Å². The molecule has 3 amide bonds. The maximum Gasteiger partial charge on any atom is 0.417 e. The van der Waals surface area contributed by atoms with Gasteiger partial charge in [0.25, 0.3) is 5.91 Å². The number of primary amides is 1. The van der Waals surface area contributed by atoms with Gasteiger partial charge >= 0.3 is 12.2 Å². The molecule has 0 fully saturated rings. The van der Waals surface area contributed by atoms with Crippen LogP contribution in [-0.2, 0) is 6.18 Å². The van der Waals surface area contributed by atoms with E-state index in [0.29, 0.717) is 6.07 Å². The first-order chi connectivity index (χ1) is 15.5. The number of ether oxygens (including phenoxy) is 1. The second kappa shape index (κ2) is 9.20. The Morgan fingerprint density at radius 1 is 1.09 bits per heavy atom. The molecule has 2 aromatic carbocycles. The molecule has 0 radical (unpaired) electrons. The Balaban J connectivity index is 1.72. The highest BCUT2D eigenvalue weighted by Crippen LogP contribution is 2.36. The largest absolute Gasteiger partial charge is 0.503 e. The molecule has 3 rings (SSSR count). The lowest BCUT2D eigenvalue weighted by molar-refractivity contribution is -0.137. The van der Waals surface area contributed by atoms with Crippen LogP contribution in [0.15, 0.2) is 48.7 Å².